The summed E-state index contributed by atoms with van der Waals surface area (Å²) in [6.45, 7) is 6.12. The zero-order valence-corrected chi connectivity index (χ0v) is 20.1. The lowest BCUT2D eigenvalue weighted by atomic mass is 9.95. The van der Waals surface area contributed by atoms with Gasteiger partial charge in [0.05, 0.1) is 31.0 Å². The lowest BCUT2D eigenvalue weighted by molar-refractivity contribution is -0.136. The Bertz CT molecular complexity index is 1080. The molecule has 2 aliphatic rings. The van der Waals surface area contributed by atoms with Gasteiger partial charge >= 0.3 is 12.0 Å². The molecular formula is C25H29ClN4O4. The van der Waals surface area contributed by atoms with Crippen LogP contribution in [0.15, 0.2) is 59.8 Å². The average Bonchev–Trinajstić information content (AvgIpc) is 2.85. The van der Waals surface area contributed by atoms with Crippen molar-refractivity contribution >= 4 is 29.3 Å². The molecule has 2 N–H and O–H groups in total. The molecule has 2 aromatic rings. The topological polar surface area (TPSA) is 83.1 Å². The van der Waals surface area contributed by atoms with Gasteiger partial charge in [-0.25, -0.2) is 9.59 Å². The first-order valence-electron chi connectivity index (χ1n) is 11.3. The number of halogens is 1. The number of urea groups is 1. The number of hydrogen-bond acceptors (Lipinski definition) is 6. The van der Waals surface area contributed by atoms with Crippen LogP contribution in [0.1, 0.15) is 18.5 Å². The van der Waals surface area contributed by atoms with E-state index in [1.165, 1.54) is 7.11 Å². The van der Waals surface area contributed by atoms with Gasteiger partial charge in [0.15, 0.2) is 0 Å². The number of ether oxygens (including phenoxy) is 2. The number of nitrogens with one attached hydrogen (secondary N) is 2. The van der Waals surface area contributed by atoms with Crippen molar-refractivity contribution in [2.24, 2.45) is 0 Å². The fraction of sp³-hybridized carbons (Fsp3) is 0.360. The Kier molecular flexibility index (Phi) is 7.59. The third-order valence-corrected chi connectivity index (χ3v) is 6.38. The summed E-state index contributed by atoms with van der Waals surface area (Å²) in [5.74, 6) is 0.374. The van der Waals surface area contributed by atoms with E-state index in [1.54, 1.807) is 18.2 Å². The molecule has 0 radical (unpaired) electrons. The number of para-hydroxylation sites is 2. The van der Waals surface area contributed by atoms with Gasteiger partial charge in [-0.15, -0.1) is 0 Å². The van der Waals surface area contributed by atoms with Crippen molar-refractivity contribution in [3.05, 3.63) is 70.4 Å². The predicted molar refractivity (Wildman–Crippen MR) is 131 cm³/mol. The Hall–Kier alpha value is -3.23. The number of piperazine rings is 1. The third kappa shape index (κ3) is 5.13. The van der Waals surface area contributed by atoms with Crippen LogP contribution < -0.4 is 20.3 Å². The van der Waals surface area contributed by atoms with E-state index in [1.807, 2.05) is 31.2 Å². The second-order valence-electron chi connectivity index (χ2n) is 8.10. The van der Waals surface area contributed by atoms with E-state index in [0.717, 1.165) is 37.6 Å². The molecule has 2 aliphatic heterocycles. The maximum absolute atomic E-state index is 12.8. The van der Waals surface area contributed by atoms with Crippen molar-refractivity contribution in [2.75, 3.05) is 51.3 Å². The summed E-state index contributed by atoms with van der Waals surface area (Å²) in [6.07, 6.45) is 0. The molecule has 2 aromatic carbocycles. The minimum absolute atomic E-state index is 0.360. The van der Waals surface area contributed by atoms with Gasteiger partial charge in [0.25, 0.3) is 0 Å². The lowest BCUT2D eigenvalue weighted by Gasteiger charge is -2.38. The molecule has 34 heavy (non-hydrogen) atoms. The second-order valence-corrected chi connectivity index (χ2v) is 8.51. The summed E-state index contributed by atoms with van der Waals surface area (Å²) in [7, 11) is 1.33. The van der Waals surface area contributed by atoms with Crippen LogP contribution >= 0.6 is 11.6 Å². The first-order chi connectivity index (χ1) is 16.5. The van der Waals surface area contributed by atoms with E-state index >= 15 is 0 Å². The first-order valence-corrected chi connectivity index (χ1v) is 11.7. The highest BCUT2D eigenvalue weighted by Gasteiger charge is 2.35. The molecule has 1 saturated heterocycles. The lowest BCUT2D eigenvalue weighted by Crippen LogP contribution is -2.51. The molecule has 0 aliphatic carbocycles. The highest BCUT2D eigenvalue weighted by molar-refractivity contribution is 6.31. The number of esters is 1. The van der Waals surface area contributed by atoms with Crippen LogP contribution in [0.5, 0.6) is 5.75 Å². The normalized spacial score (nSPS) is 18.9. The number of nitrogens with zero attached hydrogens (tertiary/aromatic N) is 2. The van der Waals surface area contributed by atoms with Crippen LogP contribution in [0.2, 0.25) is 5.02 Å². The van der Waals surface area contributed by atoms with Crippen LogP contribution in [0.4, 0.5) is 10.5 Å². The molecule has 2 heterocycles. The summed E-state index contributed by atoms with van der Waals surface area (Å²) in [4.78, 5) is 29.8. The van der Waals surface area contributed by atoms with Gasteiger partial charge in [-0.2, -0.15) is 0 Å². The van der Waals surface area contributed by atoms with E-state index < -0.39 is 12.0 Å². The summed E-state index contributed by atoms with van der Waals surface area (Å²) >= 11 is 6.39. The first kappa shape index (κ1) is 23.9. The number of benzene rings is 2. The van der Waals surface area contributed by atoms with Crippen molar-refractivity contribution < 1.29 is 19.1 Å². The van der Waals surface area contributed by atoms with E-state index in [2.05, 4.69) is 26.5 Å². The highest BCUT2D eigenvalue weighted by Crippen LogP contribution is 2.33. The minimum atomic E-state index is -0.691. The molecule has 180 valence electrons. The van der Waals surface area contributed by atoms with Crippen molar-refractivity contribution in [3.63, 3.8) is 0 Å². The quantitative estimate of drug-likeness (QED) is 0.586. The van der Waals surface area contributed by atoms with Crippen molar-refractivity contribution in [1.29, 1.82) is 0 Å². The zero-order valence-electron chi connectivity index (χ0n) is 19.3. The van der Waals surface area contributed by atoms with Gasteiger partial charge in [0.2, 0.25) is 0 Å². The number of rotatable bonds is 7. The standard InChI is InChI=1S/C25H29ClN4O4/c1-3-34-21-11-7-6-10-20(21)30-14-12-29(13-15-30)16-19-22(24(31)33-2)23(28-25(32)27-19)17-8-4-5-9-18(17)26/h4-11,23H,3,12-16H2,1-2H3,(H2,27,28,32). The molecule has 8 nitrogen and oxygen atoms in total. The number of amides is 2. The summed E-state index contributed by atoms with van der Waals surface area (Å²) < 4.78 is 10.9. The predicted octanol–water partition coefficient (Wildman–Crippen LogP) is 3.34. The largest absolute Gasteiger partial charge is 0.492 e. The van der Waals surface area contributed by atoms with Gasteiger partial charge in [-0.3, -0.25) is 4.90 Å². The molecule has 0 saturated carbocycles. The van der Waals surface area contributed by atoms with E-state index in [-0.39, 0.29) is 6.03 Å². The Morgan fingerprint density at radius 2 is 1.79 bits per heavy atom. The van der Waals surface area contributed by atoms with Crippen LogP contribution in [0.3, 0.4) is 0 Å². The van der Waals surface area contributed by atoms with Gasteiger partial charge in [0.1, 0.15) is 5.75 Å². The van der Waals surface area contributed by atoms with Crippen LogP contribution in [-0.2, 0) is 9.53 Å². The molecule has 1 unspecified atom stereocenters. The fourth-order valence-corrected chi connectivity index (χ4v) is 4.65. The van der Waals surface area contributed by atoms with Crippen molar-refractivity contribution in [1.82, 2.24) is 15.5 Å². The SMILES string of the molecule is CCOc1ccccc1N1CCN(CC2=C(C(=O)OC)C(c3ccccc3Cl)NC(=O)N2)CC1. The van der Waals surface area contributed by atoms with Crippen LogP contribution in [-0.4, -0.2) is 63.3 Å². The van der Waals surface area contributed by atoms with Crippen LogP contribution in [0, 0.1) is 0 Å². The Balaban J connectivity index is 1.54. The minimum Gasteiger partial charge on any atom is -0.492 e. The van der Waals surface area contributed by atoms with E-state index in [4.69, 9.17) is 21.1 Å². The molecule has 4 rings (SSSR count). The molecule has 0 bridgehead atoms. The summed E-state index contributed by atoms with van der Waals surface area (Å²) in [6, 6.07) is 14.1. The molecular weight excluding hydrogens is 456 g/mol. The molecule has 0 spiro atoms. The zero-order chi connectivity index (χ0) is 24.1. The van der Waals surface area contributed by atoms with Gasteiger partial charge in [-0.1, -0.05) is 41.9 Å². The van der Waals surface area contributed by atoms with Crippen molar-refractivity contribution in [2.45, 2.75) is 13.0 Å². The molecule has 1 fully saturated rings. The molecule has 0 aromatic heterocycles. The summed E-state index contributed by atoms with van der Waals surface area (Å²) in [5.41, 5.74) is 2.62. The number of hydrogen-bond donors (Lipinski definition) is 2. The Morgan fingerprint density at radius 1 is 1.09 bits per heavy atom. The smallest absolute Gasteiger partial charge is 0.338 e. The number of carbonyl (C=O) groups is 2. The Morgan fingerprint density at radius 3 is 2.50 bits per heavy atom. The number of carbonyl (C=O) groups excluding carboxylic acids is 2. The van der Waals surface area contributed by atoms with E-state index in [0.29, 0.717) is 35.0 Å². The average molecular weight is 485 g/mol. The van der Waals surface area contributed by atoms with Gasteiger partial charge in [0, 0.05) is 43.4 Å². The number of anilines is 1. The second kappa shape index (κ2) is 10.8. The number of methoxy groups -OCH3 is 1. The maximum Gasteiger partial charge on any atom is 0.338 e. The van der Waals surface area contributed by atoms with Crippen LogP contribution in [0.25, 0.3) is 0 Å². The van der Waals surface area contributed by atoms with Crippen molar-refractivity contribution in [3.8, 4) is 5.75 Å². The summed E-state index contributed by atoms with van der Waals surface area (Å²) in [5, 5.41) is 6.12. The molecule has 9 heteroatoms. The Labute approximate surface area is 204 Å². The monoisotopic (exact) mass is 484 g/mol. The molecule has 2 amide bonds. The van der Waals surface area contributed by atoms with Gasteiger partial charge < -0.3 is 25.0 Å². The maximum atomic E-state index is 12.8. The van der Waals surface area contributed by atoms with E-state index in [9.17, 15) is 9.59 Å². The third-order valence-electron chi connectivity index (χ3n) is 6.03. The fourth-order valence-electron chi connectivity index (χ4n) is 4.40. The highest BCUT2D eigenvalue weighted by atomic mass is 35.5. The van der Waals surface area contributed by atoms with Gasteiger partial charge in [-0.05, 0) is 30.7 Å². The molecule has 1 atom stereocenters.